The molecule has 0 aliphatic carbocycles. The number of carbonyl (C=O) groups excluding carboxylic acids is 1. The zero-order valence-corrected chi connectivity index (χ0v) is 10.0. The molecule has 0 aliphatic heterocycles. The number of halogens is 1. The number of imidazole rings is 1. The van der Waals surface area contributed by atoms with Crippen LogP contribution in [0.3, 0.4) is 0 Å². The van der Waals surface area contributed by atoms with Crippen LogP contribution in [0.4, 0.5) is 4.39 Å². The quantitative estimate of drug-likeness (QED) is 0.778. The summed E-state index contributed by atoms with van der Waals surface area (Å²) in [7, 11) is 1.20. The van der Waals surface area contributed by atoms with Gasteiger partial charge in [0.25, 0.3) is 0 Å². The van der Waals surface area contributed by atoms with Crippen molar-refractivity contribution in [1.29, 1.82) is 0 Å². The summed E-state index contributed by atoms with van der Waals surface area (Å²) in [6, 6.07) is 5.09. The van der Waals surface area contributed by atoms with Gasteiger partial charge in [0, 0.05) is 6.20 Å². The molecule has 0 fully saturated rings. The van der Waals surface area contributed by atoms with Gasteiger partial charge in [-0.1, -0.05) is 6.07 Å². The Labute approximate surface area is 103 Å². The number of carbonyl (C=O) groups is 1. The highest BCUT2D eigenvalue weighted by Gasteiger charge is 2.23. The van der Waals surface area contributed by atoms with E-state index in [1.807, 2.05) is 6.07 Å². The van der Waals surface area contributed by atoms with Crippen molar-refractivity contribution < 1.29 is 13.9 Å². The monoisotopic (exact) mass is 249 g/mol. The molecule has 0 amide bonds. The number of rotatable bonds is 3. The molecule has 2 aromatic heterocycles. The fraction of sp³-hybridized carbons (Fsp3) is 0.250. The van der Waals surface area contributed by atoms with Crippen molar-refractivity contribution in [2.45, 2.75) is 13.0 Å². The molecule has 0 saturated carbocycles. The maximum absolute atomic E-state index is 13.5. The lowest BCUT2D eigenvalue weighted by atomic mass is 10.2. The number of methoxy groups -OCH3 is 1. The highest BCUT2D eigenvalue weighted by molar-refractivity contribution is 5.87. The topological polar surface area (TPSA) is 57.0 Å². The van der Waals surface area contributed by atoms with Crippen molar-refractivity contribution in [2.24, 2.45) is 0 Å². The molecule has 1 atom stereocenters. The first-order chi connectivity index (χ1) is 8.65. The highest BCUT2D eigenvalue weighted by Crippen LogP contribution is 2.19. The van der Waals surface area contributed by atoms with Crippen molar-refractivity contribution in [3.63, 3.8) is 0 Å². The number of nitrogens with zero attached hydrogens (tertiary/aromatic N) is 3. The number of aromatic nitrogens is 3. The Morgan fingerprint density at radius 3 is 2.83 bits per heavy atom. The Morgan fingerprint density at radius 2 is 2.22 bits per heavy atom. The Balaban J connectivity index is 2.43. The zero-order valence-electron chi connectivity index (χ0n) is 10.0. The van der Waals surface area contributed by atoms with E-state index in [4.69, 9.17) is 0 Å². The molecule has 2 rings (SSSR count). The van der Waals surface area contributed by atoms with Gasteiger partial charge in [0.1, 0.15) is 0 Å². The minimum Gasteiger partial charge on any atom is -0.464 e. The van der Waals surface area contributed by atoms with Gasteiger partial charge in [-0.25, -0.2) is 9.78 Å². The molecule has 94 valence electrons. The van der Waals surface area contributed by atoms with E-state index >= 15 is 0 Å². The summed E-state index contributed by atoms with van der Waals surface area (Å²) in [5.41, 5.74) is 0.510. The zero-order chi connectivity index (χ0) is 13.1. The Morgan fingerprint density at radius 1 is 1.44 bits per heavy atom. The minimum atomic E-state index is -0.843. The van der Waals surface area contributed by atoms with Gasteiger partial charge in [0.05, 0.1) is 25.2 Å². The van der Waals surface area contributed by atoms with Gasteiger partial charge in [-0.15, -0.1) is 0 Å². The van der Waals surface area contributed by atoms with Gasteiger partial charge < -0.3 is 9.30 Å². The van der Waals surface area contributed by atoms with Gasteiger partial charge in [0.2, 0.25) is 5.95 Å². The summed E-state index contributed by atoms with van der Waals surface area (Å²) in [5, 5.41) is 0. The third kappa shape index (κ3) is 2.09. The molecule has 0 radical (unpaired) electrons. The second kappa shape index (κ2) is 4.95. The number of hydrogen-bond donors (Lipinski definition) is 0. The van der Waals surface area contributed by atoms with Crippen LogP contribution in [0, 0.1) is 5.95 Å². The van der Waals surface area contributed by atoms with Crippen LogP contribution in [0.2, 0.25) is 0 Å². The van der Waals surface area contributed by atoms with E-state index in [1.54, 1.807) is 25.3 Å². The lowest BCUT2D eigenvalue weighted by Crippen LogP contribution is -2.16. The van der Waals surface area contributed by atoms with Crippen LogP contribution in [0.1, 0.15) is 29.1 Å². The second-order valence-electron chi connectivity index (χ2n) is 3.71. The van der Waals surface area contributed by atoms with E-state index in [0.29, 0.717) is 5.69 Å². The predicted molar refractivity (Wildman–Crippen MR) is 61.6 cm³/mol. The Hall–Kier alpha value is -2.24. The van der Waals surface area contributed by atoms with Crippen LogP contribution < -0.4 is 0 Å². The maximum atomic E-state index is 13.5. The Bertz CT molecular complexity index is 554. The lowest BCUT2D eigenvalue weighted by Gasteiger charge is -2.14. The lowest BCUT2D eigenvalue weighted by molar-refractivity contribution is 0.0581. The normalized spacial score (nSPS) is 12.2. The van der Waals surface area contributed by atoms with E-state index in [1.165, 1.54) is 18.0 Å². The van der Waals surface area contributed by atoms with E-state index in [9.17, 15) is 9.18 Å². The first-order valence-electron chi connectivity index (χ1n) is 5.36. The van der Waals surface area contributed by atoms with Gasteiger partial charge in [0.15, 0.2) is 5.69 Å². The molecule has 0 unspecified atom stereocenters. The molecule has 0 N–H and O–H groups in total. The molecular weight excluding hydrogens is 237 g/mol. The molecule has 6 heteroatoms. The largest absolute Gasteiger partial charge is 0.464 e. The Kier molecular flexibility index (Phi) is 3.36. The van der Waals surface area contributed by atoms with Crippen molar-refractivity contribution >= 4 is 5.97 Å². The number of esters is 1. The fourth-order valence-corrected chi connectivity index (χ4v) is 1.68. The summed E-state index contributed by atoms with van der Waals surface area (Å²) in [5.74, 6) is -1.60. The molecular formula is C12H12FN3O2. The molecule has 0 saturated heterocycles. The first kappa shape index (κ1) is 12.2. The molecule has 0 aliphatic rings. The molecule has 2 heterocycles. The van der Waals surface area contributed by atoms with Gasteiger partial charge in [-0.05, 0) is 19.1 Å². The number of pyridine rings is 1. The van der Waals surface area contributed by atoms with Crippen molar-refractivity contribution in [2.75, 3.05) is 7.11 Å². The van der Waals surface area contributed by atoms with Crippen molar-refractivity contribution in [1.82, 2.24) is 14.5 Å². The molecule has 2 aromatic rings. The average Bonchev–Trinajstić information content (AvgIpc) is 2.80. The van der Waals surface area contributed by atoms with Crippen LogP contribution >= 0.6 is 0 Å². The molecule has 5 nitrogen and oxygen atoms in total. The molecule has 0 bridgehead atoms. The minimum absolute atomic E-state index is 0.198. The highest BCUT2D eigenvalue weighted by atomic mass is 19.1. The summed E-state index contributed by atoms with van der Waals surface area (Å²) in [6.45, 7) is 1.80. The van der Waals surface area contributed by atoms with E-state index in [0.717, 1.165) is 0 Å². The molecule has 0 spiro atoms. The summed E-state index contributed by atoms with van der Waals surface area (Å²) < 4.78 is 19.4. The summed E-state index contributed by atoms with van der Waals surface area (Å²) in [4.78, 5) is 19.2. The van der Waals surface area contributed by atoms with Gasteiger partial charge in [-0.3, -0.25) is 4.98 Å². The van der Waals surface area contributed by atoms with Gasteiger partial charge in [-0.2, -0.15) is 4.39 Å². The SMILES string of the molecule is COC(=O)c1c(F)ncn1[C@H](C)c1ccccn1. The van der Waals surface area contributed by atoms with Crippen molar-refractivity contribution in [3.05, 3.63) is 48.1 Å². The molecule has 0 aromatic carbocycles. The van der Waals surface area contributed by atoms with Crippen LogP contribution in [0.15, 0.2) is 30.7 Å². The van der Waals surface area contributed by atoms with Gasteiger partial charge >= 0.3 is 5.97 Å². The number of hydrogen-bond acceptors (Lipinski definition) is 4. The first-order valence-corrected chi connectivity index (χ1v) is 5.36. The average molecular weight is 249 g/mol. The standard InChI is InChI=1S/C12H12FN3O2/c1-8(9-5-3-4-6-14-9)16-7-15-11(13)10(16)12(17)18-2/h3-8H,1-2H3/t8-/m1/s1. The van der Waals surface area contributed by atoms with Crippen molar-refractivity contribution in [3.8, 4) is 0 Å². The van der Waals surface area contributed by atoms with Crippen LogP contribution in [0.25, 0.3) is 0 Å². The number of ether oxygens (including phenoxy) is 1. The van der Waals surface area contributed by atoms with E-state index < -0.39 is 11.9 Å². The van der Waals surface area contributed by atoms with Crippen LogP contribution in [0.5, 0.6) is 0 Å². The van der Waals surface area contributed by atoms with E-state index in [2.05, 4.69) is 14.7 Å². The third-order valence-electron chi connectivity index (χ3n) is 2.66. The summed E-state index contributed by atoms with van der Waals surface area (Å²) >= 11 is 0. The maximum Gasteiger partial charge on any atom is 0.359 e. The third-order valence-corrected chi connectivity index (χ3v) is 2.66. The smallest absolute Gasteiger partial charge is 0.359 e. The second-order valence-corrected chi connectivity index (χ2v) is 3.71. The van der Waals surface area contributed by atoms with Crippen LogP contribution in [-0.2, 0) is 4.74 Å². The predicted octanol–water partition coefficient (Wildman–Crippen LogP) is 1.81. The molecule has 18 heavy (non-hydrogen) atoms. The van der Waals surface area contributed by atoms with E-state index in [-0.39, 0.29) is 11.7 Å². The van der Waals surface area contributed by atoms with Crippen LogP contribution in [-0.4, -0.2) is 27.6 Å². The summed E-state index contributed by atoms with van der Waals surface area (Å²) in [6.07, 6.45) is 2.90. The fourth-order valence-electron chi connectivity index (χ4n) is 1.68.